The van der Waals surface area contributed by atoms with Crippen molar-refractivity contribution in [2.45, 2.75) is 38.0 Å². The quantitative estimate of drug-likeness (QED) is 0.699. The van der Waals surface area contributed by atoms with Gasteiger partial charge >= 0.3 is 0 Å². The van der Waals surface area contributed by atoms with Crippen LogP contribution in [0.3, 0.4) is 0 Å². The van der Waals surface area contributed by atoms with Gasteiger partial charge < -0.3 is 10.5 Å². The standard InChI is InChI=1S/C10H22N2O3S/c1-3-10(6-11)16(13,14)12-8(2)9-4-5-15-7-9/h8-10,12H,3-7,11H2,1-2H3. The van der Waals surface area contributed by atoms with Crippen molar-refractivity contribution in [3.63, 3.8) is 0 Å². The number of nitrogens with two attached hydrogens (primary N) is 1. The molecule has 3 atom stereocenters. The third-order valence-electron chi connectivity index (χ3n) is 3.18. The second kappa shape index (κ2) is 5.95. The summed E-state index contributed by atoms with van der Waals surface area (Å²) in [5.74, 6) is 0.282. The number of ether oxygens (including phenoxy) is 1. The van der Waals surface area contributed by atoms with Crippen LogP contribution in [0.2, 0.25) is 0 Å². The highest BCUT2D eigenvalue weighted by molar-refractivity contribution is 7.90. The molecule has 0 aliphatic carbocycles. The van der Waals surface area contributed by atoms with Gasteiger partial charge in [0.05, 0.1) is 11.9 Å². The van der Waals surface area contributed by atoms with Gasteiger partial charge in [0, 0.05) is 25.1 Å². The number of hydrogen-bond donors (Lipinski definition) is 2. The minimum Gasteiger partial charge on any atom is -0.381 e. The molecule has 0 spiro atoms. The van der Waals surface area contributed by atoms with Crippen molar-refractivity contribution in [3.8, 4) is 0 Å². The molecule has 1 fully saturated rings. The van der Waals surface area contributed by atoms with Gasteiger partial charge in [-0.1, -0.05) is 6.92 Å². The molecule has 6 heteroatoms. The molecule has 0 aromatic rings. The number of rotatable bonds is 6. The molecule has 0 saturated carbocycles. The lowest BCUT2D eigenvalue weighted by Gasteiger charge is -2.22. The summed E-state index contributed by atoms with van der Waals surface area (Å²) in [6, 6.07) is -0.0758. The summed E-state index contributed by atoms with van der Waals surface area (Å²) < 4.78 is 31.8. The normalized spacial score (nSPS) is 25.6. The molecule has 5 nitrogen and oxygen atoms in total. The molecule has 1 saturated heterocycles. The molecule has 1 heterocycles. The molecular formula is C10H22N2O3S. The van der Waals surface area contributed by atoms with Gasteiger partial charge in [0.1, 0.15) is 0 Å². The van der Waals surface area contributed by atoms with E-state index in [1.165, 1.54) is 0 Å². The fourth-order valence-corrected chi connectivity index (χ4v) is 3.51. The van der Waals surface area contributed by atoms with Crippen LogP contribution in [0.4, 0.5) is 0 Å². The van der Waals surface area contributed by atoms with E-state index in [2.05, 4.69) is 4.72 Å². The maximum atomic E-state index is 11.9. The second-order valence-corrected chi connectivity index (χ2v) is 6.33. The van der Waals surface area contributed by atoms with Crippen LogP contribution in [0.25, 0.3) is 0 Å². The number of hydrogen-bond acceptors (Lipinski definition) is 4. The Morgan fingerprint density at radius 2 is 2.25 bits per heavy atom. The smallest absolute Gasteiger partial charge is 0.215 e. The zero-order valence-corrected chi connectivity index (χ0v) is 10.8. The van der Waals surface area contributed by atoms with E-state index < -0.39 is 15.3 Å². The van der Waals surface area contributed by atoms with Crippen LogP contribution in [0.1, 0.15) is 26.7 Å². The van der Waals surface area contributed by atoms with E-state index in [1.807, 2.05) is 13.8 Å². The van der Waals surface area contributed by atoms with Crippen LogP contribution in [-0.4, -0.2) is 39.5 Å². The highest BCUT2D eigenvalue weighted by Crippen LogP contribution is 2.17. The van der Waals surface area contributed by atoms with Gasteiger partial charge in [-0.15, -0.1) is 0 Å². The topological polar surface area (TPSA) is 81.4 Å². The molecule has 0 radical (unpaired) electrons. The van der Waals surface area contributed by atoms with E-state index in [0.717, 1.165) is 13.0 Å². The first kappa shape index (κ1) is 13.9. The number of nitrogens with one attached hydrogen (secondary N) is 1. The Hall–Kier alpha value is -0.170. The Kier molecular flexibility index (Phi) is 5.17. The molecule has 3 N–H and O–H groups in total. The molecule has 1 rings (SSSR count). The van der Waals surface area contributed by atoms with Crippen LogP contribution in [0, 0.1) is 5.92 Å². The predicted octanol–water partition coefficient (Wildman–Crippen LogP) is 0.0681. The Balaban J connectivity index is 2.57. The van der Waals surface area contributed by atoms with Crippen molar-refractivity contribution in [1.29, 1.82) is 0 Å². The van der Waals surface area contributed by atoms with Crippen LogP contribution in [-0.2, 0) is 14.8 Å². The summed E-state index contributed by atoms with van der Waals surface area (Å²) in [5, 5.41) is -0.489. The molecule has 3 unspecified atom stereocenters. The van der Waals surface area contributed by atoms with Gasteiger partial charge in [-0.2, -0.15) is 0 Å². The van der Waals surface area contributed by atoms with Crippen LogP contribution in [0.5, 0.6) is 0 Å². The third-order valence-corrected chi connectivity index (χ3v) is 5.28. The second-order valence-electron chi connectivity index (χ2n) is 4.34. The van der Waals surface area contributed by atoms with Crippen molar-refractivity contribution >= 4 is 10.0 Å². The van der Waals surface area contributed by atoms with Gasteiger partial charge in [-0.05, 0) is 19.8 Å². The maximum Gasteiger partial charge on any atom is 0.215 e. The van der Waals surface area contributed by atoms with E-state index in [0.29, 0.717) is 13.0 Å². The lowest BCUT2D eigenvalue weighted by atomic mass is 10.0. The Bertz CT molecular complexity index is 295. The summed E-state index contributed by atoms with van der Waals surface area (Å²) in [5.41, 5.74) is 5.45. The fourth-order valence-electron chi connectivity index (χ4n) is 1.91. The maximum absolute atomic E-state index is 11.9. The highest BCUT2D eigenvalue weighted by Gasteiger charge is 2.29. The Morgan fingerprint density at radius 3 is 2.69 bits per heavy atom. The SMILES string of the molecule is CCC(CN)S(=O)(=O)NC(C)C1CCOC1. The number of sulfonamides is 1. The molecule has 96 valence electrons. The molecule has 16 heavy (non-hydrogen) atoms. The molecule has 0 bridgehead atoms. The zero-order chi connectivity index (χ0) is 12.2. The summed E-state index contributed by atoms with van der Waals surface area (Å²) in [7, 11) is -3.29. The van der Waals surface area contributed by atoms with Crippen LogP contribution >= 0.6 is 0 Å². The van der Waals surface area contributed by atoms with Crippen molar-refractivity contribution in [1.82, 2.24) is 4.72 Å². The monoisotopic (exact) mass is 250 g/mol. The van der Waals surface area contributed by atoms with Crippen molar-refractivity contribution < 1.29 is 13.2 Å². The lowest BCUT2D eigenvalue weighted by molar-refractivity contribution is 0.180. The molecule has 1 aliphatic heterocycles. The summed E-state index contributed by atoms with van der Waals surface area (Å²) in [4.78, 5) is 0. The average Bonchev–Trinajstić information content (AvgIpc) is 2.70. The first-order valence-electron chi connectivity index (χ1n) is 5.80. The minimum absolute atomic E-state index is 0.0758. The largest absolute Gasteiger partial charge is 0.381 e. The van der Waals surface area contributed by atoms with E-state index in [-0.39, 0.29) is 18.5 Å². The Morgan fingerprint density at radius 1 is 1.56 bits per heavy atom. The minimum atomic E-state index is -3.29. The Labute approximate surface area is 97.8 Å². The van der Waals surface area contributed by atoms with Crippen molar-refractivity contribution in [3.05, 3.63) is 0 Å². The van der Waals surface area contributed by atoms with E-state index in [9.17, 15) is 8.42 Å². The van der Waals surface area contributed by atoms with E-state index >= 15 is 0 Å². The van der Waals surface area contributed by atoms with Gasteiger partial charge in [0.2, 0.25) is 10.0 Å². The fraction of sp³-hybridized carbons (Fsp3) is 1.00. The molecule has 0 aromatic carbocycles. The molecular weight excluding hydrogens is 228 g/mol. The zero-order valence-electron chi connectivity index (χ0n) is 9.98. The van der Waals surface area contributed by atoms with Gasteiger partial charge in [-0.3, -0.25) is 0 Å². The third kappa shape index (κ3) is 3.41. The summed E-state index contributed by atoms with van der Waals surface area (Å²) in [6.45, 7) is 5.26. The first-order valence-corrected chi connectivity index (χ1v) is 7.34. The van der Waals surface area contributed by atoms with Gasteiger partial charge in [-0.25, -0.2) is 13.1 Å². The van der Waals surface area contributed by atoms with E-state index in [1.54, 1.807) is 0 Å². The van der Waals surface area contributed by atoms with Gasteiger partial charge in [0.25, 0.3) is 0 Å². The predicted molar refractivity (Wildman–Crippen MR) is 63.6 cm³/mol. The molecule has 0 aromatic heterocycles. The van der Waals surface area contributed by atoms with E-state index in [4.69, 9.17) is 10.5 Å². The van der Waals surface area contributed by atoms with Crippen molar-refractivity contribution in [2.75, 3.05) is 19.8 Å². The van der Waals surface area contributed by atoms with Gasteiger partial charge in [0.15, 0.2) is 0 Å². The highest BCUT2D eigenvalue weighted by atomic mass is 32.2. The summed E-state index contributed by atoms with van der Waals surface area (Å²) in [6.07, 6.45) is 1.46. The van der Waals surface area contributed by atoms with Crippen molar-refractivity contribution in [2.24, 2.45) is 11.7 Å². The molecule has 0 amide bonds. The lowest BCUT2D eigenvalue weighted by Crippen LogP contribution is -2.45. The molecule has 1 aliphatic rings. The summed E-state index contributed by atoms with van der Waals surface area (Å²) >= 11 is 0. The average molecular weight is 250 g/mol. The van der Waals surface area contributed by atoms with Crippen LogP contribution < -0.4 is 10.5 Å². The first-order chi connectivity index (χ1) is 7.51. The van der Waals surface area contributed by atoms with Crippen LogP contribution in [0.15, 0.2) is 0 Å².